The third-order valence-electron chi connectivity index (χ3n) is 4.04. The van der Waals surface area contributed by atoms with Crippen LogP contribution in [0, 0.1) is 11.3 Å². The maximum atomic E-state index is 7.91. The number of hydrogen-bond acceptors (Lipinski definition) is 1. The summed E-state index contributed by atoms with van der Waals surface area (Å²) in [6, 6.07) is 10.3. The molecule has 112 valence electrons. The lowest BCUT2D eigenvalue weighted by Gasteiger charge is -2.15. The number of benzene rings is 1. The molecule has 0 aliphatic heterocycles. The van der Waals surface area contributed by atoms with Crippen LogP contribution in [0.1, 0.15) is 26.3 Å². The van der Waals surface area contributed by atoms with E-state index >= 15 is 0 Å². The third kappa shape index (κ3) is 3.43. The fourth-order valence-electron chi connectivity index (χ4n) is 2.70. The van der Waals surface area contributed by atoms with Gasteiger partial charge in [-0.25, -0.2) is 0 Å². The van der Waals surface area contributed by atoms with Gasteiger partial charge in [0.25, 0.3) is 0 Å². The van der Waals surface area contributed by atoms with E-state index in [-0.39, 0.29) is 0 Å². The first kappa shape index (κ1) is 16.0. The van der Waals surface area contributed by atoms with Crippen molar-refractivity contribution >= 4 is 11.3 Å². The summed E-state index contributed by atoms with van der Waals surface area (Å²) in [5, 5.41) is 7.91. The summed E-state index contributed by atoms with van der Waals surface area (Å²) in [6.45, 7) is 10.0. The minimum Gasteiger partial charge on any atom is -0.305 e. The van der Waals surface area contributed by atoms with Crippen molar-refractivity contribution in [1.29, 1.82) is 5.41 Å². The molecule has 1 aromatic carbocycles. The second-order valence-corrected chi connectivity index (χ2v) is 5.63. The van der Waals surface area contributed by atoms with Crippen molar-refractivity contribution < 1.29 is 0 Å². The van der Waals surface area contributed by atoms with Gasteiger partial charge in [-0.3, -0.25) is 0 Å². The van der Waals surface area contributed by atoms with E-state index in [2.05, 4.69) is 56.9 Å². The highest BCUT2D eigenvalue weighted by molar-refractivity contribution is 6.01. The summed E-state index contributed by atoms with van der Waals surface area (Å²) in [6.07, 6.45) is 10.3. The highest BCUT2D eigenvalue weighted by atomic mass is 14.4. The zero-order valence-corrected chi connectivity index (χ0v) is 13.6. The lowest BCUT2D eigenvalue weighted by Crippen LogP contribution is -1.99. The van der Waals surface area contributed by atoms with E-state index in [1.54, 1.807) is 13.0 Å². The zero-order chi connectivity index (χ0) is 16.1. The van der Waals surface area contributed by atoms with E-state index in [1.165, 1.54) is 16.7 Å². The van der Waals surface area contributed by atoms with E-state index in [1.807, 2.05) is 18.2 Å². The first-order valence-corrected chi connectivity index (χ1v) is 7.59. The van der Waals surface area contributed by atoms with Crippen molar-refractivity contribution in [2.45, 2.75) is 20.8 Å². The fraction of sp³-hybridized carbons (Fsp3) is 0.190. The van der Waals surface area contributed by atoms with Crippen LogP contribution in [-0.2, 0) is 0 Å². The Morgan fingerprint density at radius 1 is 1.18 bits per heavy atom. The second kappa shape index (κ2) is 7.04. The topological polar surface area (TPSA) is 23.9 Å². The molecule has 0 heterocycles. The molecule has 0 aromatic heterocycles. The standard InChI is InChI=1S/C21H23N/c1-5-18(17(4)22)14-21(19-11-7-6-8-12-19)16(3)20-13-9-10-15(20)2/h5-15,22H,1H2,2-4H3/b18-14+,21-16+,22-17?/t15-/m0/s1. The molecule has 1 nitrogen and oxygen atoms in total. The molecule has 1 heteroatoms. The molecule has 0 fully saturated rings. The predicted molar refractivity (Wildman–Crippen MR) is 97.1 cm³/mol. The maximum Gasteiger partial charge on any atom is 0.0355 e. The molecule has 0 amide bonds. The van der Waals surface area contributed by atoms with Gasteiger partial charge in [0, 0.05) is 5.71 Å². The largest absolute Gasteiger partial charge is 0.305 e. The molecule has 0 saturated carbocycles. The number of nitrogens with one attached hydrogen (secondary N) is 1. The predicted octanol–water partition coefficient (Wildman–Crippen LogP) is 5.74. The van der Waals surface area contributed by atoms with Gasteiger partial charge in [-0.1, -0.05) is 68.1 Å². The molecule has 0 unspecified atom stereocenters. The van der Waals surface area contributed by atoms with E-state index in [0.29, 0.717) is 11.6 Å². The minimum atomic E-state index is 0.431. The van der Waals surface area contributed by atoms with Crippen LogP contribution in [0.5, 0.6) is 0 Å². The number of rotatable bonds is 5. The van der Waals surface area contributed by atoms with Crippen LogP contribution in [0.3, 0.4) is 0 Å². The molecular formula is C21H23N. The normalized spacial score (nSPS) is 18.8. The monoisotopic (exact) mass is 289 g/mol. The van der Waals surface area contributed by atoms with Gasteiger partial charge in [0.15, 0.2) is 0 Å². The van der Waals surface area contributed by atoms with Gasteiger partial charge in [0.2, 0.25) is 0 Å². The molecular weight excluding hydrogens is 266 g/mol. The summed E-state index contributed by atoms with van der Waals surface area (Å²) in [5.74, 6) is 0.431. The molecule has 0 radical (unpaired) electrons. The molecule has 1 atom stereocenters. The molecule has 1 aliphatic carbocycles. The van der Waals surface area contributed by atoms with Crippen LogP contribution in [0.4, 0.5) is 0 Å². The molecule has 0 saturated heterocycles. The molecule has 2 rings (SSSR count). The van der Waals surface area contributed by atoms with Gasteiger partial charge >= 0.3 is 0 Å². The van der Waals surface area contributed by atoms with Crippen LogP contribution < -0.4 is 0 Å². The van der Waals surface area contributed by atoms with E-state index < -0.39 is 0 Å². The molecule has 1 N–H and O–H groups in total. The summed E-state index contributed by atoms with van der Waals surface area (Å²) in [5.41, 5.74) is 6.30. The second-order valence-electron chi connectivity index (χ2n) is 5.63. The SMILES string of the molecule is C=C/C(=C\C(=C(\C)C1=CC=C[C@@H]1C)c1ccccc1)C(C)=N. The van der Waals surface area contributed by atoms with Crippen molar-refractivity contribution in [3.8, 4) is 0 Å². The van der Waals surface area contributed by atoms with Gasteiger partial charge in [-0.05, 0) is 53.7 Å². The van der Waals surface area contributed by atoms with E-state index in [4.69, 9.17) is 5.41 Å². The Labute approximate surface area is 133 Å². The molecule has 22 heavy (non-hydrogen) atoms. The molecule has 0 bridgehead atoms. The van der Waals surface area contributed by atoms with Crippen molar-refractivity contribution in [2.24, 2.45) is 5.92 Å². The van der Waals surface area contributed by atoms with Crippen molar-refractivity contribution in [2.75, 3.05) is 0 Å². The summed E-state index contributed by atoms with van der Waals surface area (Å²) in [4.78, 5) is 0. The van der Waals surface area contributed by atoms with Crippen LogP contribution >= 0.6 is 0 Å². The molecule has 0 spiro atoms. The highest BCUT2D eigenvalue weighted by Gasteiger charge is 2.15. The van der Waals surface area contributed by atoms with Gasteiger partial charge in [0.1, 0.15) is 0 Å². The first-order valence-electron chi connectivity index (χ1n) is 7.59. The Hall–Kier alpha value is -2.41. The molecule has 1 aliphatic rings. The quantitative estimate of drug-likeness (QED) is 0.527. The number of hydrogen-bond donors (Lipinski definition) is 1. The van der Waals surface area contributed by atoms with Crippen LogP contribution in [-0.4, -0.2) is 5.71 Å². The van der Waals surface area contributed by atoms with E-state index in [0.717, 1.165) is 11.1 Å². The lowest BCUT2D eigenvalue weighted by atomic mass is 9.89. The Morgan fingerprint density at radius 3 is 2.36 bits per heavy atom. The molecule has 1 aromatic rings. The Bertz CT molecular complexity index is 697. The minimum absolute atomic E-state index is 0.431. The average molecular weight is 289 g/mol. The van der Waals surface area contributed by atoms with E-state index in [9.17, 15) is 0 Å². The lowest BCUT2D eigenvalue weighted by molar-refractivity contribution is 0.892. The zero-order valence-electron chi connectivity index (χ0n) is 13.6. The van der Waals surface area contributed by atoms with Crippen LogP contribution in [0.15, 0.2) is 84.0 Å². The Balaban J connectivity index is 2.61. The van der Waals surface area contributed by atoms with Gasteiger partial charge in [-0.15, -0.1) is 0 Å². The maximum absolute atomic E-state index is 7.91. The number of allylic oxidation sites excluding steroid dienone is 9. The smallest absolute Gasteiger partial charge is 0.0355 e. The summed E-state index contributed by atoms with van der Waals surface area (Å²) in [7, 11) is 0. The first-order chi connectivity index (χ1) is 10.5. The fourth-order valence-corrected chi connectivity index (χ4v) is 2.70. The Morgan fingerprint density at radius 2 is 1.86 bits per heavy atom. The van der Waals surface area contributed by atoms with Crippen LogP contribution in [0.25, 0.3) is 5.57 Å². The van der Waals surface area contributed by atoms with Gasteiger partial charge < -0.3 is 5.41 Å². The van der Waals surface area contributed by atoms with Crippen LogP contribution in [0.2, 0.25) is 0 Å². The van der Waals surface area contributed by atoms with Crippen molar-refractivity contribution in [3.05, 3.63) is 89.6 Å². The van der Waals surface area contributed by atoms with Gasteiger partial charge in [0.05, 0.1) is 0 Å². The average Bonchev–Trinajstić information content (AvgIpc) is 2.94. The third-order valence-corrected chi connectivity index (χ3v) is 4.04. The van der Waals surface area contributed by atoms with Crippen molar-refractivity contribution in [1.82, 2.24) is 0 Å². The summed E-state index contributed by atoms with van der Waals surface area (Å²) >= 11 is 0. The summed E-state index contributed by atoms with van der Waals surface area (Å²) < 4.78 is 0. The van der Waals surface area contributed by atoms with Crippen molar-refractivity contribution in [3.63, 3.8) is 0 Å². The van der Waals surface area contributed by atoms with Gasteiger partial charge in [-0.2, -0.15) is 0 Å². The highest BCUT2D eigenvalue weighted by Crippen LogP contribution is 2.32. The Kier molecular flexibility index (Phi) is 5.11.